The summed E-state index contributed by atoms with van der Waals surface area (Å²) in [5.41, 5.74) is -0.157. The third kappa shape index (κ3) is 1.46. The summed E-state index contributed by atoms with van der Waals surface area (Å²) in [4.78, 5) is 6.92. The molecule has 0 aliphatic rings. The molecule has 4 heteroatoms. The molecule has 0 fully saturated rings. The zero-order valence-electron chi connectivity index (χ0n) is 5.38. The van der Waals surface area contributed by atoms with Crippen LogP contribution < -0.4 is 0 Å². The molecule has 1 aromatic heterocycles. The molecule has 0 atom stereocenters. The molecule has 0 saturated heterocycles. The number of alkyl halides is 2. The van der Waals surface area contributed by atoms with Crippen LogP contribution in [0.25, 0.3) is 0 Å². The standard InChI is InChI=1S/C6H6F2N2/c1-6(7,8)5-2-9-4-10-3-5/h2-4H,1H3. The summed E-state index contributed by atoms with van der Waals surface area (Å²) in [5.74, 6) is -2.83. The molecule has 0 saturated carbocycles. The van der Waals surface area contributed by atoms with E-state index in [0.717, 1.165) is 19.3 Å². The van der Waals surface area contributed by atoms with E-state index >= 15 is 0 Å². The Hall–Kier alpha value is -1.06. The lowest BCUT2D eigenvalue weighted by molar-refractivity contribution is 0.0167. The van der Waals surface area contributed by atoms with Crippen molar-refractivity contribution in [2.75, 3.05) is 0 Å². The molecule has 0 aliphatic carbocycles. The quantitative estimate of drug-likeness (QED) is 0.598. The second-order valence-corrected chi connectivity index (χ2v) is 2.02. The van der Waals surface area contributed by atoms with Crippen molar-refractivity contribution in [2.45, 2.75) is 12.8 Å². The van der Waals surface area contributed by atoms with Crippen molar-refractivity contribution in [3.63, 3.8) is 0 Å². The van der Waals surface area contributed by atoms with Crippen LogP contribution in [0.1, 0.15) is 12.5 Å². The predicted octanol–water partition coefficient (Wildman–Crippen LogP) is 1.59. The van der Waals surface area contributed by atoms with Gasteiger partial charge in [-0.2, -0.15) is 0 Å². The Morgan fingerprint density at radius 3 is 2.10 bits per heavy atom. The summed E-state index contributed by atoms with van der Waals surface area (Å²) in [6.07, 6.45) is 3.43. The highest BCUT2D eigenvalue weighted by atomic mass is 19.3. The summed E-state index contributed by atoms with van der Waals surface area (Å²) in [5, 5.41) is 0. The molecule has 1 heterocycles. The Balaban J connectivity index is 2.97. The maximum absolute atomic E-state index is 12.4. The van der Waals surface area contributed by atoms with E-state index in [9.17, 15) is 8.78 Å². The minimum atomic E-state index is -2.83. The molecule has 54 valence electrons. The van der Waals surface area contributed by atoms with Crippen LogP contribution in [0, 0.1) is 0 Å². The molecule has 0 aromatic carbocycles. The van der Waals surface area contributed by atoms with Crippen LogP contribution in [-0.4, -0.2) is 9.97 Å². The predicted molar refractivity (Wildman–Crippen MR) is 31.6 cm³/mol. The maximum Gasteiger partial charge on any atom is 0.273 e. The van der Waals surface area contributed by atoms with Crippen molar-refractivity contribution in [2.24, 2.45) is 0 Å². The first-order chi connectivity index (χ1) is 4.61. The highest BCUT2D eigenvalue weighted by Gasteiger charge is 2.24. The summed E-state index contributed by atoms with van der Waals surface area (Å²) < 4.78 is 24.7. The van der Waals surface area contributed by atoms with Crippen molar-refractivity contribution >= 4 is 0 Å². The summed E-state index contributed by atoms with van der Waals surface area (Å²) in [6, 6.07) is 0. The van der Waals surface area contributed by atoms with E-state index in [2.05, 4.69) is 9.97 Å². The number of halogens is 2. The molecular formula is C6H6F2N2. The molecule has 0 aliphatic heterocycles. The van der Waals surface area contributed by atoms with Gasteiger partial charge < -0.3 is 0 Å². The van der Waals surface area contributed by atoms with Crippen molar-refractivity contribution in [3.05, 3.63) is 24.3 Å². The monoisotopic (exact) mass is 144 g/mol. The molecule has 0 bridgehead atoms. The summed E-state index contributed by atoms with van der Waals surface area (Å²) >= 11 is 0. The zero-order chi connectivity index (χ0) is 7.61. The van der Waals surface area contributed by atoms with Crippen LogP contribution in [0.5, 0.6) is 0 Å². The van der Waals surface area contributed by atoms with Crippen molar-refractivity contribution in [3.8, 4) is 0 Å². The minimum absolute atomic E-state index is 0.157. The van der Waals surface area contributed by atoms with Crippen LogP contribution in [0.15, 0.2) is 18.7 Å². The number of rotatable bonds is 1. The van der Waals surface area contributed by atoms with Crippen molar-refractivity contribution in [1.82, 2.24) is 9.97 Å². The lowest BCUT2D eigenvalue weighted by Crippen LogP contribution is -2.07. The highest BCUT2D eigenvalue weighted by Crippen LogP contribution is 2.24. The first kappa shape index (κ1) is 7.05. The molecule has 2 nitrogen and oxygen atoms in total. The first-order valence-corrected chi connectivity index (χ1v) is 2.74. The van der Waals surface area contributed by atoms with Crippen LogP contribution in [0.2, 0.25) is 0 Å². The third-order valence-corrected chi connectivity index (χ3v) is 1.07. The van der Waals surface area contributed by atoms with Crippen LogP contribution >= 0.6 is 0 Å². The van der Waals surface area contributed by atoms with Gasteiger partial charge in [-0.3, -0.25) is 0 Å². The highest BCUT2D eigenvalue weighted by molar-refractivity contribution is 5.08. The molecule has 0 radical (unpaired) electrons. The van der Waals surface area contributed by atoms with Crippen molar-refractivity contribution in [1.29, 1.82) is 0 Å². The lowest BCUT2D eigenvalue weighted by atomic mass is 10.2. The SMILES string of the molecule is CC(F)(F)c1cncnc1. The summed E-state index contributed by atoms with van der Waals surface area (Å²) in [7, 11) is 0. The second kappa shape index (κ2) is 2.28. The number of hydrogen-bond acceptors (Lipinski definition) is 2. The molecule has 10 heavy (non-hydrogen) atoms. The van der Waals surface area contributed by atoms with Gasteiger partial charge in [0.1, 0.15) is 6.33 Å². The van der Waals surface area contributed by atoms with Crippen LogP contribution in [0.4, 0.5) is 8.78 Å². The van der Waals surface area contributed by atoms with Gasteiger partial charge in [-0.1, -0.05) is 0 Å². The molecular weight excluding hydrogens is 138 g/mol. The fourth-order valence-electron chi connectivity index (χ4n) is 0.526. The lowest BCUT2D eigenvalue weighted by Gasteiger charge is -2.07. The van der Waals surface area contributed by atoms with Gasteiger partial charge in [0.15, 0.2) is 0 Å². The Labute approximate surface area is 56.9 Å². The van der Waals surface area contributed by atoms with Crippen LogP contribution in [0.3, 0.4) is 0 Å². The number of nitrogens with zero attached hydrogens (tertiary/aromatic N) is 2. The molecule has 0 spiro atoms. The maximum atomic E-state index is 12.4. The Bertz CT molecular complexity index is 205. The van der Waals surface area contributed by atoms with Gasteiger partial charge in [-0.25, -0.2) is 18.7 Å². The van der Waals surface area contributed by atoms with Gasteiger partial charge in [0.05, 0.1) is 5.56 Å². The van der Waals surface area contributed by atoms with Gasteiger partial charge in [0.2, 0.25) is 0 Å². The Kier molecular flexibility index (Phi) is 1.61. The third-order valence-electron chi connectivity index (χ3n) is 1.07. The van der Waals surface area contributed by atoms with Crippen molar-refractivity contribution < 1.29 is 8.78 Å². The van der Waals surface area contributed by atoms with E-state index in [0.29, 0.717) is 0 Å². The normalized spacial score (nSPS) is 11.5. The van der Waals surface area contributed by atoms with Crippen LogP contribution in [-0.2, 0) is 5.92 Å². The van der Waals surface area contributed by atoms with Gasteiger partial charge in [0, 0.05) is 19.3 Å². The Morgan fingerprint density at radius 2 is 1.80 bits per heavy atom. The van der Waals surface area contributed by atoms with E-state index in [1.165, 1.54) is 6.33 Å². The number of aromatic nitrogens is 2. The molecule has 1 aromatic rings. The topological polar surface area (TPSA) is 25.8 Å². The van der Waals surface area contributed by atoms with E-state index in [1.54, 1.807) is 0 Å². The van der Waals surface area contributed by atoms with Gasteiger partial charge >= 0.3 is 0 Å². The second-order valence-electron chi connectivity index (χ2n) is 2.02. The van der Waals surface area contributed by atoms with E-state index in [1.807, 2.05) is 0 Å². The fourth-order valence-corrected chi connectivity index (χ4v) is 0.526. The largest absolute Gasteiger partial charge is 0.273 e. The average molecular weight is 144 g/mol. The van der Waals surface area contributed by atoms with E-state index < -0.39 is 5.92 Å². The first-order valence-electron chi connectivity index (χ1n) is 2.74. The molecule has 1 rings (SSSR count). The van der Waals surface area contributed by atoms with E-state index in [4.69, 9.17) is 0 Å². The number of hydrogen-bond donors (Lipinski definition) is 0. The molecule has 0 amide bonds. The molecule has 0 N–H and O–H groups in total. The van der Waals surface area contributed by atoms with Gasteiger partial charge in [0.25, 0.3) is 5.92 Å². The van der Waals surface area contributed by atoms with Gasteiger partial charge in [-0.05, 0) is 0 Å². The minimum Gasteiger partial charge on any atom is -0.244 e. The smallest absolute Gasteiger partial charge is 0.244 e. The Morgan fingerprint density at radius 1 is 1.30 bits per heavy atom. The zero-order valence-corrected chi connectivity index (χ0v) is 5.38. The fraction of sp³-hybridized carbons (Fsp3) is 0.333. The van der Waals surface area contributed by atoms with Gasteiger partial charge in [-0.15, -0.1) is 0 Å². The average Bonchev–Trinajstić information content (AvgIpc) is 1.88. The molecule has 0 unspecified atom stereocenters. The van der Waals surface area contributed by atoms with E-state index in [-0.39, 0.29) is 5.56 Å². The summed E-state index contributed by atoms with van der Waals surface area (Å²) in [6.45, 7) is 0.811.